The zero-order valence-electron chi connectivity index (χ0n) is 28.7. The van der Waals surface area contributed by atoms with Gasteiger partial charge in [-0.2, -0.15) is 0 Å². The van der Waals surface area contributed by atoms with Crippen LogP contribution in [0.2, 0.25) is 0 Å². The molecular formula is C47H39NO2. The van der Waals surface area contributed by atoms with Crippen LogP contribution >= 0.6 is 0 Å². The molecule has 9 rings (SSSR count). The molecule has 1 saturated carbocycles. The molecule has 0 N–H and O–H groups in total. The number of fused-ring (bicyclic) bond motifs is 9. The summed E-state index contributed by atoms with van der Waals surface area (Å²) in [5.74, 6) is 3.36. The van der Waals surface area contributed by atoms with Gasteiger partial charge in [0, 0.05) is 35.0 Å². The zero-order chi connectivity index (χ0) is 34.0. The van der Waals surface area contributed by atoms with E-state index in [9.17, 15) is 0 Å². The smallest absolute Gasteiger partial charge is 0.172 e. The molecular weight excluding hydrogens is 611 g/mol. The van der Waals surface area contributed by atoms with Gasteiger partial charge < -0.3 is 14.4 Å². The highest BCUT2D eigenvalue weighted by molar-refractivity contribution is 5.88. The Morgan fingerprint density at radius 3 is 2.24 bits per heavy atom. The highest BCUT2D eigenvalue weighted by Gasteiger charge is 2.58. The van der Waals surface area contributed by atoms with E-state index in [-0.39, 0.29) is 17.3 Å². The molecule has 1 aliphatic heterocycles. The summed E-state index contributed by atoms with van der Waals surface area (Å²) in [6, 6.07) is 38.9. The molecule has 3 aliphatic carbocycles. The van der Waals surface area contributed by atoms with Gasteiger partial charge in [0.15, 0.2) is 23.0 Å². The molecule has 3 heteroatoms. The molecule has 1 heterocycles. The number of hydrogen-bond donors (Lipinski definition) is 0. The Labute approximate surface area is 294 Å². The normalized spacial score (nSPS) is 21.6. The summed E-state index contributed by atoms with van der Waals surface area (Å²) in [4.78, 5) is 2.32. The molecule has 1 fully saturated rings. The quantitative estimate of drug-likeness (QED) is 0.185. The average Bonchev–Trinajstić information content (AvgIpc) is 3.59. The molecule has 4 aliphatic rings. The second kappa shape index (κ2) is 11.7. The number of allylic oxidation sites excluding steroid dienone is 9. The van der Waals surface area contributed by atoms with E-state index in [1.165, 1.54) is 50.2 Å². The minimum atomic E-state index is -0.354. The molecule has 0 bridgehead atoms. The first kappa shape index (κ1) is 30.3. The summed E-state index contributed by atoms with van der Waals surface area (Å²) in [7, 11) is 0. The van der Waals surface area contributed by atoms with Gasteiger partial charge in [0.2, 0.25) is 0 Å². The van der Waals surface area contributed by atoms with Gasteiger partial charge in [-0.25, -0.2) is 0 Å². The van der Waals surface area contributed by atoms with Gasteiger partial charge in [-0.15, -0.1) is 0 Å². The Kier molecular flexibility index (Phi) is 7.06. The Balaban J connectivity index is 1.15. The predicted octanol–water partition coefficient (Wildman–Crippen LogP) is 12.8. The van der Waals surface area contributed by atoms with E-state index in [1.807, 2.05) is 6.07 Å². The van der Waals surface area contributed by atoms with E-state index >= 15 is 0 Å². The van der Waals surface area contributed by atoms with E-state index in [4.69, 9.17) is 9.47 Å². The zero-order valence-corrected chi connectivity index (χ0v) is 28.7. The minimum Gasteiger partial charge on any atom is -0.449 e. The summed E-state index contributed by atoms with van der Waals surface area (Å²) >= 11 is 0. The van der Waals surface area contributed by atoms with Crippen molar-refractivity contribution >= 4 is 11.4 Å². The molecule has 3 atom stereocenters. The van der Waals surface area contributed by atoms with Crippen LogP contribution in [-0.2, 0) is 5.41 Å². The lowest BCUT2D eigenvalue weighted by Crippen LogP contribution is -2.33. The summed E-state index contributed by atoms with van der Waals surface area (Å²) in [5, 5.41) is 0. The van der Waals surface area contributed by atoms with Crippen LogP contribution in [0.4, 0.5) is 11.4 Å². The van der Waals surface area contributed by atoms with E-state index in [0.29, 0.717) is 11.5 Å². The van der Waals surface area contributed by atoms with Gasteiger partial charge in [0.1, 0.15) is 0 Å². The van der Waals surface area contributed by atoms with Crippen molar-refractivity contribution in [1.82, 2.24) is 0 Å². The molecule has 1 spiro atoms. The first-order chi connectivity index (χ1) is 24.6. The van der Waals surface area contributed by atoms with Crippen LogP contribution in [0.3, 0.4) is 0 Å². The first-order valence-corrected chi connectivity index (χ1v) is 17.7. The highest BCUT2D eigenvalue weighted by Crippen LogP contribution is 2.67. The molecule has 0 amide bonds. The van der Waals surface area contributed by atoms with Crippen LogP contribution in [0.5, 0.6) is 23.0 Å². The average molecular weight is 650 g/mol. The highest BCUT2D eigenvalue weighted by atomic mass is 16.6. The van der Waals surface area contributed by atoms with Gasteiger partial charge in [-0.3, -0.25) is 0 Å². The van der Waals surface area contributed by atoms with Crippen molar-refractivity contribution < 1.29 is 9.47 Å². The van der Waals surface area contributed by atoms with E-state index in [2.05, 4.69) is 172 Å². The van der Waals surface area contributed by atoms with Crippen molar-refractivity contribution in [3.05, 3.63) is 180 Å². The van der Waals surface area contributed by atoms with Crippen LogP contribution < -0.4 is 14.4 Å². The molecule has 0 aromatic heterocycles. The lowest BCUT2D eigenvalue weighted by molar-refractivity contribution is 0.358. The Morgan fingerprint density at radius 1 is 0.700 bits per heavy atom. The maximum Gasteiger partial charge on any atom is 0.172 e. The first-order valence-electron chi connectivity index (χ1n) is 17.7. The number of hydrogen-bond acceptors (Lipinski definition) is 3. The molecule has 50 heavy (non-hydrogen) atoms. The SMILES string of the molecule is C=C1/C(=C\C)C2(c3ccccc3-c3cc4c(cc32)Oc2cc(N(/C(=C/C)CC)c3cccc(-c5ccccc5)c3)ccc2O4)C2C=CC=CC12. The van der Waals surface area contributed by atoms with E-state index in [0.717, 1.165) is 29.3 Å². The number of anilines is 2. The van der Waals surface area contributed by atoms with Crippen LogP contribution in [0.15, 0.2) is 169 Å². The van der Waals surface area contributed by atoms with Crippen molar-refractivity contribution in [3.8, 4) is 45.3 Å². The Bertz CT molecular complexity index is 2320. The van der Waals surface area contributed by atoms with Crippen molar-refractivity contribution in [2.75, 3.05) is 4.90 Å². The largest absolute Gasteiger partial charge is 0.449 e. The second-order valence-electron chi connectivity index (χ2n) is 13.5. The van der Waals surface area contributed by atoms with Crippen molar-refractivity contribution in [2.24, 2.45) is 11.8 Å². The fourth-order valence-electron chi connectivity index (χ4n) is 8.97. The summed E-state index contributed by atoms with van der Waals surface area (Å²) in [6.07, 6.45) is 14.4. The number of nitrogens with zero attached hydrogens (tertiary/aromatic N) is 1. The van der Waals surface area contributed by atoms with Crippen molar-refractivity contribution in [1.29, 1.82) is 0 Å². The van der Waals surface area contributed by atoms with Crippen LogP contribution in [-0.4, -0.2) is 0 Å². The summed E-state index contributed by atoms with van der Waals surface area (Å²) in [6.45, 7) is 11.1. The van der Waals surface area contributed by atoms with Crippen molar-refractivity contribution in [2.45, 2.75) is 32.6 Å². The second-order valence-corrected chi connectivity index (χ2v) is 13.5. The van der Waals surface area contributed by atoms with Gasteiger partial charge in [-0.05, 0) is 101 Å². The fourth-order valence-corrected chi connectivity index (χ4v) is 8.97. The molecule has 0 saturated heterocycles. The predicted molar refractivity (Wildman–Crippen MR) is 205 cm³/mol. The fraction of sp³-hybridized carbons (Fsp3) is 0.149. The Morgan fingerprint density at radius 2 is 1.42 bits per heavy atom. The summed E-state index contributed by atoms with van der Waals surface area (Å²) < 4.78 is 13.5. The van der Waals surface area contributed by atoms with E-state index < -0.39 is 0 Å². The topological polar surface area (TPSA) is 21.7 Å². The lowest BCUT2D eigenvalue weighted by atomic mass is 9.66. The third-order valence-corrected chi connectivity index (χ3v) is 11.1. The van der Waals surface area contributed by atoms with Crippen molar-refractivity contribution in [3.63, 3.8) is 0 Å². The summed E-state index contributed by atoms with van der Waals surface area (Å²) in [5.41, 5.74) is 12.8. The van der Waals surface area contributed by atoms with Gasteiger partial charge in [0.25, 0.3) is 0 Å². The van der Waals surface area contributed by atoms with Gasteiger partial charge in [-0.1, -0.05) is 117 Å². The van der Waals surface area contributed by atoms with Gasteiger partial charge in [0.05, 0.1) is 5.41 Å². The third kappa shape index (κ3) is 4.29. The monoisotopic (exact) mass is 649 g/mol. The molecule has 0 radical (unpaired) electrons. The van der Waals surface area contributed by atoms with Crippen LogP contribution in [0.25, 0.3) is 22.3 Å². The van der Waals surface area contributed by atoms with Crippen LogP contribution in [0.1, 0.15) is 38.3 Å². The maximum atomic E-state index is 6.86. The van der Waals surface area contributed by atoms with E-state index in [1.54, 1.807) is 0 Å². The Hall–Kier alpha value is -5.80. The van der Waals surface area contributed by atoms with Gasteiger partial charge >= 0.3 is 0 Å². The lowest BCUT2D eigenvalue weighted by Gasteiger charge is -2.36. The third-order valence-electron chi connectivity index (χ3n) is 11.1. The molecule has 244 valence electrons. The molecule has 5 aromatic rings. The standard InChI is InChI=1S/C47H39NO2/c1-5-33(6-2)48(34-19-15-18-32(26-34)31-16-9-8-10-17-31)35-24-25-43-44(27-35)50-46-29-42-38(28-45(46)49-43)37-21-12-14-23-41(37)47(42)39(7-3)30(4)36-20-11-13-22-40(36)47/h5,7-29,36,40H,4,6H2,1-3H3/b33-5+,39-7+. The van der Waals surface area contributed by atoms with Crippen LogP contribution in [0, 0.1) is 11.8 Å². The molecule has 3 unspecified atom stereocenters. The minimum absolute atomic E-state index is 0.226. The molecule has 5 aromatic carbocycles. The number of benzene rings is 5. The molecule has 3 nitrogen and oxygen atoms in total. The number of rotatable bonds is 5. The maximum absolute atomic E-state index is 6.86. The number of ether oxygens (including phenoxy) is 2.